The first kappa shape index (κ1) is 16.0. The average Bonchev–Trinajstić information content (AvgIpc) is 2.43. The highest BCUT2D eigenvalue weighted by molar-refractivity contribution is 6.00. The summed E-state index contributed by atoms with van der Waals surface area (Å²) >= 11 is 0. The number of nitrogens with two attached hydrogens (primary N) is 2. The number of aromatic hydroxyl groups is 1. The maximum absolute atomic E-state index is 9.32. The molecule has 0 atom stereocenters. The van der Waals surface area contributed by atoms with Crippen molar-refractivity contribution in [1.82, 2.24) is 0 Å². The third-order valence-electron chi connectivity index (χ3n) is 3.00. The second-order valence-corrected chi connectivity index (χ2v) is 4.78. The van der Waals surface area contributed by atoms with Crippen molar-refractivity contribution in [3.05, 3.63) is 29.8 Å². The molecule has 110 valence electrons. The zero-order valence-electron chi connectivity index (χ0n) is 12.0. The lowest BCUT2D eigenvalue weighted by Crippen LogP contribution is -2.22. The molecule has 1 aromatic rings. The molecule has 0 aliphatic heterocycles. The summed E-state index contributed by atoms with van der Waals surface area (Å²) in [7, 11) is 0. The van der Waals surface area contributed by atoms with Crippen LogP contribution in [0, 0.1) is 0 Å². The molecule has 0 aromatic heterocycles. The molecule has 5 nitrogen and oxygen atoms in total. The number of hydrogen-bond donors (Lipinski definition) is 3. The van der Waals surface area contributed by atoms with Crippen LogP contribution in [0.2, 0.25) is 0 Å². The van der Waals surface area contributed by atoms with Gasteiger partial charge in [0, 0.05) is 0 Å². The lowest BCUT2D eigenvalue weighted by molar-refractivity contribution is 0.475. The van der Waals surface area contributed by atoms with Crippen molar-refractivity contribution in [3.8, 4) is 5.75 Å². The number of rotatable bonds is 8. The molecular weight excluding hydrogens is 252 g/mol. The third-order valence-corrected chi connectivity index (χ3v) is 3.00. The first-order valence-electron chi connectivity index (χ1n) is 7.08. The van der Waals surface area contributed by atoms with E-state index in [1.165, 1.54) is 25.7 Å². The Balaban J connectivity index is 2.68. The molecule has 0 fully saturated rings. The Morgan fingerprint density at radius 2 is 1.65 bits per heavy atom. The van der Waals surface area contributed by atoms with Crippen LogP contribution in [0.15, 0.2) is 34.5 Å². The number of nitrogens with zero attached hydrogens (tertiary/aromatic N) is 2. The van der Waals surface area contributed by atoms with Crippen LogP contribution >= 0.6 is 0 Å². The van der Waals surface area contributed by atoms with E-state index in [-0.39, 0.29) is 11.7 Å². The van der Waals surface area contributed by atoms with Crippen molar-refractivity contribution in [3.63, 3.8) is 0 Å². The Bertz CT molecular complexity index is 447. The van der Waals surface area contributed by atoms with E-state index in [9.17, 15) is 5.11 Å². The quantitative estimate of drug-likeness (QED) is 0.295. The van der Waals surface area contributed by atoms with Crippen molar-refractivity contribution in [1.29, 1.82) is 0 Å². The summed E-state index contributed by atoms with van der Waals surface area (Å²) in [4.78, 5) is 0. The predicted molar refractivity (Wildman–Crippen MR) is 83.8 cm³/mol. The normalized spacial score (nSPS) is 11.3. The summed E-state index contributed by atoms with van der Waals surface area (Å²) in [5.41, 5.74) is 12.4. The molecule has 1 aromatic carbocycles. The van der Waals surface area contributed by atoms with Gasteiger partial charge >= 0.3 is 0 Å². The largest absolute Gasteiger partial charge is 0.508 e. The lowest BCUT2D eigenvalue weighted by Gasteiger charge is -2.06. The zero-order chi connectivity index (χ0) is 14.8. The Labute approximate surface area is 120 Å². The molecule has 0 heterocycles. The minimum absolute atomic E-state index is 0.0488. The number of phenols is 1. The first-order valence-corrected chi connectivity index (χ1v) is 7.08. The van der Waals surface area contributed by atoms with E-state index in [4.69, 9.17) is 11.5 Å². The van der Waals surface area contributed by atoms with Crippen LogP contribution in [0.3, 0.4) is 0 Å². The van der Waals surface area contributed by atoms with Crippen molar-refractivity contribution in [2.45, 2.75) is 45.4 Å². The molecule has 0 radical (unpaired) electrons. The molecule has 5 N–H and O–H groups in total. The number of guanidine groups is 1. The molecule has 0 unspecified atom stereocenters. The Morgan fingerprint density at radius 1 is 1.00 bits per heavy atom. The summed E-state index contributed by atoms with van der Waals surface area (Å²) < 4.78 is 0. The Kier molecular flexibility index (Phi) is 7.17. The van der Waals surface area contributed by atoms with Crippen LogP contribution in [0.1, 0.15) is 51.0 Å². The maximum Gasteiger partial charge on any atom is 0.211 e. The van der Waals surface area contributed by atoms with Gasteiger partial charge in [0.2, 0.25) is 5.96 Å². The molecule has 0 aliphatic carbocycles. The van der Waals surface area contributed by atoms with Gasteiger partial charge < -0.3 is 16.6 Å². The smallest absolute Gasteiger partial charge is 0.211 e. The van der Waals surface area contributed by atoms with E-state index in [2.05, 4.69) is 17.1 Å². The molecule has 0 spiro atoms. The number of hydrogen-bond acceptors (Lipinski definition) is 3. The van der Waals surface area contributed by atoms with Crippen LogP contribution in [0.4, 0.5) is 0 Å². The molecule has 0 aliphatic rings. The molecule has 5 heteroatoms. The van der Waals surface area contributed by atoms with Crippen LogP contribution in [-0.4, -0.2) is 16.8 Å². The van der Waals surface area contributed by atoms with Crippen molar-refractivity contribution in [2.24, 2.45) is 21.7 Å². The summed E-state index contributed by atoms with van der Waals surface area (Å²) in [6.07, 6.45) is 6.78. The molecule has 1 rings (SSSR count). The van der Waals surface area contributed by atoms with E-state index in [1.807, 2.05) is 12.1 Å². The predicted octanol–water partition coefficient (Wildman–Crippen LogP) is 2.73. The summed E-state index contributed by atoms with van der Waals surface area (Å²) in [5.74, 6) is 0.185. The molecule has 0 bridgehead atoms. The van der Waals surface area contributed by atoms with Crippen LogP contribution < -0.4 is 11.5 Å². The standard InChI is InChI=1S/C15H24N4O/c1-2-3-4-5-6-7-14(18-19-15(16)17)12-8-10-13(20)11-9-12/h8-11,20H,2-7H2,1H3,(H4,16,17,19)/b18-14+. The lowest BCUT2D eigenvalue weighted by atomic mass is 10.0. The van der Waals surface area contributed by atoms with E-state index in [0.29, 0.717) is 0 Å². The van der Waals surface area contributed by atoms with Crippen molar-refractivity contribution >= 4 is 11.7 Å². The summed E-state index contributed by atoms with van der Waals surface area (Å²) in [5, 5.41) is 17.2. The topological polar surface area (TPSA) is 97.0 Å². The molecule has 0 saturated carbocycles. The van der Waals surface area contributed by atoms with Crippen molar-refractivity contribution in [2.75, 3.05) is 0 Å². The van der Waals surface area contributed by atoms with E-state index in [1.54, 1.807) is 12.1 Å². The average molecular weight is 276 g/mol. The van der Waals surface area contributed by atoms with Gasteiger partial charge in [-0.3, -0.25) is 0 Å². The van der Waals surface area contributed by atoms with E-state index < -0.39 is 0 Å². The van der Waals surface area contributed by atoms with Gasteiger partial charge in [-0.25, -0.2) is 0 Å². The fourth-order valence-corrected chi connectivity index (χ4v) is 1.92. The van der Waals surface area contributed by atoms with Gasteiger partial charge in [-0.1, -0.05) is 32.6 Å². The monoisotopic (exact) mass is 276 g/mol. The molecule has 20 heavy (non-hydrogen) atoms. The van der Waals surface area contributed by atoms with Crippen LogP contribution in [0.5, 0.6) is 5.75 Å². The van der Waals surface area contributed by atoms with E-state index >= 15 is 0 Å². The summed E-state index contributed by atoms with van der Waals surface area (Å²) in [6.45, 7) is 2.20. The highest BCUT2D eigenvalue weighted by Crippen LogP contribution is 2.15. The van der Waals surface area contributed by atoms with Gasteiger partial charge in [-0.05, 0) is 42.7 Å². The number of benzene rings is 1. The van der Waals surface area contributed by atoms with E-state index in [0.717, 1.165) is 24.1 Å². The second-order valence-electron chi connectivity index (χ2n) is 4.78. The summed E-state index contributed by atoms with van der Waals surface area (Å²) in [6, 6.07) is 6.92. The molecule has 0 saturated heterocycles. The van der Waals surface area contributed by atoms with Gasteiger partial charge in [0.25, 0.3) is 0 Å². The van der Waals surface area contributed by atoms with Gasteiger partial charge in [-0.15, -0.1) is 5.10 Å². The fraction of sp³-hybridized carbons (Fsp3) is 0.467. The number of unbranched alkanes of at least 4 members (excludes halogenated alkanes) is 4. The second kappa shape index (κ2) is 8.96. The Hall–Kier alpha value is -2.04. The maximum atomic E-state index is 9.32. The minimum atomic E-state index is -0.0488. The Morgan fingerprint density at radius 3 is 2.25 bits per heavy atom. The fourth-order valence-electron chi connectivity index (χ4n) is 1.92. The molecule has 0 amide bonds. The van der Waals surface area contributed by atoms with Gasteiger partial charge in [0.05, 0.1) is 5.71 Å². The third kappa shape index (κ3) is 6.22. The highest BCUT2D eigenvalue weighted by Gasteiger charge is 2.04. The van der Waals surface area contributed by atoms with Crippen LogP contribution in [-0.2, 0) is 0 Å². The van der Waals surface area contributed by atoms with Gasteiger partial charge in [0.1, 0.15) is 5.75 Å². The van der Waals surface area contributed by atoms with Gasteiger partial charge in [0.15, 0.2) is 0 Å². The van der Waals surface area contributed by atoms with Crippen LogP contribution in [0.25, 0.3) is 0 Å². The SMILES string of the molecule is CCCCCCC/C(=N\N=C(N)N)c1ccc(O)cc1. The zero-order valence-corrected chi connectivity index (χ0v) is 12.0. The highest BCUT2D eigenvalue weighted by atomic mass is 16.3. The van der Waals surface area contributed by atoms with Gasteiger partial charge in [-0.2, -0.15) is 5.10 Å². The van der Waals surface area contributed by atoms with Crippen molar-refractivity contribution < 1.29 is 5.11 Å². The minimum Gasteiger partial charge on any atom is -0.508 e. The molecular formula is C15H24N4O. The number of phenolic OH excluding ortho intramolecular Hbond substituents is 1. The first-order chi connectivity index (χ1) is 9.63.